The minimum Gasteiger partial charge on any atom is -0.333 e. The lowest BCUT2D eigenvalue weighted by atomic mass is 9.78. The Kier molecular flexibility index (Phi) is 3.24. The maximum absolute atomic E-state index is 12.6. The normalized spacial score (nSPS) is 24.0. The first-order valence-corrected chi connectivity index (χ1v) is 7.02. The molecule has 0 bridgehead atoms. The van der Waals surface area contributed by atoms with Crippen molar-refractivity contribution in [2.45, 2.75) is 47.1 Å². The van der Waals surface area contributed by atoms with Crippen LogP contribution in [0.4, 0.5) is 0 Å². The van der Waals surface area contributed by atoms with Crippen LogP contribution in [0.1, 0.15) is 41.5 Å². The first-order chi connectivity index (χ1) is 8.60. The van der Waals surface area contributed by atoms with Crippen LogP contribution in [0.3, 0.4) is 0 Å². The fourth-order valence-electron chi connectivity index (χ4n) is 2.56. The molecule has 0 saturated carbocycles. The van der Waals surface area contributed by atoms with Crippen LogP contribution < -0.4 is 0 Å². The molecular weight excluding hydrogens is 234 g/mol. The fourth-order valence-corrected chi connectivity index (χ4v) is 2.56. The molecule has 104 valence electrons. The van der Waals surface area contributed by atoms with Gasteiger partial charge in [0.05, 0.1) is 5.92 Å². The summed E-state index contributed by atoms with van der Waals surface area (Å²) in [6.07, 6.45) is 8.58. The Morgan fingerprint density at radius 3 is 2.32 bits per heavy atom. The second-order valence-corrected chi connectivity index (χ2v) is 7.51. The van der Waals surface area contributed by atoms with Crippen molar-refractivity contribution < 1.29 is 4.79 Å². The summed E-state index contributed by atoms with van der Waals surface area (Å²) in [5.74, 6) is 0.143. The zero-order valence-electron chi connectivity index (χ0n) is 12.9. The van der Waals surface area contributed by atoms with Gasteiger partial charge in [-0.25, -0.2) is 0 Å². The molecule has 0 radical (unpaired) electrons. The Labute approximate surface area is 116 Å². The fraction of sp³-hybridized carbons (Fsp3) is 0.588. The van der Waals surface area contributed by atoms with Crippen molar-refractivity contribution in [2.75, 3.05) is 6.54 Å². The highest BCUT2D eigenvalue weighted by molar-refractivity contribution is 5.87. The average molecular weight is 259 g/mol. The van der Waals surface area contributed by atoms with Crippen LogP contribution in [0.2, 0.25) is 0 Å². The molecule has 2 nitrogen and oxygen atoms in total. The molecule has 0 N–H and O–H groups in total. The van der Waals surface area contributed by atoms with E-state index in [-0.39, 0.29) is 22.8 Å². The smallest absolute Gasteiger partial charge is 0.234 e. The highest BCUT2D eigenvalue weighted by Gasteiger charge is 2.36. The highest BCUT2D eigenvalue weighted by atomic mass is 16.2. The van der Waals surface area contributed by atoms with E-state index in [0.717, 1.165) is 12.1 Å². The predicted octanol–water partition coefficient (Wildman–Crippen LogP) is 3.71. The minimum absolute atomic E-state index is 0.0842. The van der Waals surface area contributed by atoms with Crippen LogP contribution in [0, 0.1) is 11.3 Å². The third-order valence-electron chi connectivity index (χ3n) is 3.87. The summed E-state index contributed by atoms with van der Waals surface area (Å²) < 4.78 is 0. The van der Waals surface area contributed by atoms with Gasteiger partial charge in [-0.1, -0.05) is 45.1 Å². The first-order valence-electron chi connectivity index (χ1n) is 7.02. The van der Waals surface area contributed by atoms with Crippen molar-refractivity contribution in [1.29, 1.82) is 0 Å². The number of fused-ring (bicyclic) bond motifs is 1. The molecule has 2 rings (SSSR count). The number of amides is 1. The standard InChI is InChI=1S/C17H25NO/c1-16(2,3)13-7-8-14-12(11-13)9-10-18(15(14)19)17(4,5)6/h7-9,11,14H,10H2,1-6H3. The van der Waals surface area contributed by atoms with Gasteiger partial charge in [0.25, 0.3) is 0 Å². The van der Waals surface area contributed by atoms with Crippen LogP contribution in [0.15, 0.2) is 35.5 Å². The second-order valence-electron chi connectivity index (χ2n) is 7.51. The molecule has 1 unspecified atom stereocenters. The molecule has 2 aliphatic rings. The lowest BCUT2D eigenvalue weighted by Gasteiger charge is -2.41. The zero-order chi connectivity index (χ0) is 14.4. The molecule has 1 aliphatic heterocycles. The summed E-state index contributed by atoms with van der Waals surface area (Å²) in [6.45, 7) is 13.6. The van der Waals surface area contributed by atoms with Gasteiger partial charge >= 0.3 is 0 Å². The Morgan fingerprint density at radius 2 is 1.79 bits per heavy atom. The number of nitrogens with zero attached hydrogens (tertiary/aromatic N) is 1. The van der Waals surface area contributed by atoms with E-state index >= 15 is 0 Å². The lowest BCUT2D eigenvalue weighted by molar-refractivity contribution is -0.137. The summed E-state index contributed by atoms with van der Waals surface area (Å²) >= 11 is 0. The molecule has 1 aliphatic carbocycles. The van der Waals surface area contributed by atoms with E-state index in [1.165, 1.54) is 5.57 Å². The van der Waals surface area contributed by atoms with Crippen LogP contribution in [0.5, 0.6) is 0 Å². The van der Waals surface area contributed by atoms with Gasteiger partial charge in [-0.15, -0.1) is 0 Å². The quantitative estimate of drug-likeness (QED) is 0.649. The second kappa shape index (κ2) is 4.36. The van der Waals surface area contributed by atoms with Crippen molar-refractivity contribution in [3.63, 3.8) is 0 Å². The SMILES string of the molecule is CC(C)(C)C1=CC2=CCN(C(C)(C)C)C(=O)C2C=C1. The predicted molar refractivity (Wildman–Crippen MR) is 79.7 cm³/mol. The molecule has 0 aromatic heterocycles. The maximum atomic E-state index is 12.6. The van der Waals surface area contributed by atoms with E-state index in [0.29, 0.717) is 0 Å². The molecule has 1 atom stereocenters. The Hall–Kier alpha value is -1.31. The van der Waals surface area contributed by atoms with E-state index < -0.39 is 0 Å². The molecule has 2 heteroatoms. The Balaban J connectivity index is 2.33. The number of hydrogen-bond acceptors (Lipinski definition) is 1. The van der Waals surface area contributed by atoms with Crippen molar-refractivity contribution >= 4 is 5.91 Å². The maximum Gasteiger partial charge on any atom is 0.234 e. The van der Waals surface area contributed by atoms with E-state index in [1.807, 2.05) is 4.90 Å². The summed E-state index contributed by atoms with van der Waals surface area (Å²) in [4.78, 5) is 14.5. The first kappa shape index (κ1) is 14.1. The van der Waals surface area contributed by atoms with E-state index in [4.69, 9.17) is 0 Å². The van der Waals surface area contributed by atoms with Gasteiger partial charge in [0, 0.05) is 12.1 Å². The average Bonchev–Trinajstić information content (AvgIpc) is 2.26. The summed E-state index contributed by atoms with van der Waals surface area (Å²) in [6, 6.07) is 0. The monoisotopic (exact) mass is 259 g/mol. The van der Waals surface area contributed by atoms with E-state index in [9.17, 15) is 4.79 Å². The molecule has 0 saturated heterocycles. The van der Waals surface area contributed by atoms with Crippen molar-refractivity contribution in [3.05, 3.63) is 35.5 Å². The van der Waals surface area contributed by atoms with Gasteiger partial charge in [-0.3, -0.25) is 4.79 Å². The Bertz CT molecular complexity index is 480. The third-order valence-corrected chi connectivity index (χ3v) is 3.87. The van der Waals surface area contributed by atoms with Crippen molar-refractivity contribution in [1.82, 2.24) is 4.90 Å². The largest absolute Gasteiger partial charge is 0.333 e. The van der Waals surface area contributed by atoms with Crippen LogP contribution in [-0.2, 0) is 4.79 Å². The lowest BCUT2D eigenvalue weighted by Crippen LogP contribution is -2.50. The number of carbonyl (C=O) groups is 1. The van der Waals surface area contributed by atoms with Gasteiger partial charge in [-0.2, -0.15) is 0 Å². The third kappa shape index (κ3) is 2.68. The molecule has 0 aromatic carbocycles. The van der Waals surface area contributed by atoms with Gasteiger partial charge in [0.2, 0.25) is 5.91 Å². The zero-order valence-corrected chi connectivity index (χ0v) is 12.9. The van der Waals surface area contributed by atoms with Gasteiger partial charge in [-0.05, 0) is 37.3 Å². The van der Waals surface area contributed by atoms with Crippen LogP contribution >= 0.6 is 0 Å². The summed E-state index contributed by atoms with van der Waals surface area (Å²) in [5.41, 5.74) is 2.48. The van der Waals surface area contributed by atoms with Gasteiger partial charge in [0.15, 0.2) is 0 Å². The Morgan fingerprint density at radius 1 is 1.16 bits per heavy atom. The molecule has 0 fully saturated rings. The molecule has 1 amide bonds. The number of rotatable bonds is 0. The summed E-state index contributed by atoms with van der Waals surface area (Å²) in [7, 11) is 0. The number of allylic oxidation sites excluding steroid dienone is 3. The molecule has 0 aromatic rings. The van der Waals surface area contributed by atoms with Crippen molar-refractivity contribution in [3.8, 4) is 0 Å². The van der Waals surface area contributed by atoms with Crippen molar-refractivity contribution in [2.24, 2.45) is 11.3 Å². The van der Waals surface area contributed by atoms with Gasteiger partial charge in [0.1, 0.15) is 0 Å². The number of hydrogen-bond donors (Lipinski definition) is 0. The molecule has 19 heavy (non-hydrogen) atoms. The molecule has 1 heterocycles. The molecule has 0 spiro atoms. The topological polar surface area (TPSA) is 20.3 Å². The highest BCUT2D eigenvalue weighted by Crippen LogP contribution is 2.36. The van der Waals surface area contributed by atoms with E-state index in [1.54, 1.807) is 0 Å². The minimum atomic E-state index is -0.110. The number of carbonyl (C=O) groups excluding carboxylic acids is 1. The van der Waals surface area contributed by atoms with Gasteiger partial charge < -0.3 is 4.90 Å². The summed E-state index contributed by atoms with van der Waals surface area (Å²) in [5, 5.41) is 0. The molecular formula is C17H25NO. The van der Waals surface area contributed by atoms with Crippen LogP contribution in [-0.4, -0.2) is 22.9 Å². The van der Waals surface area contributed by atoms with Crippen LogP contribution in [0.25, 0.3) is 0 Å². The van der Waals surface area contributed by atoms with E-state index in [2.05, 4.69) is 65.8 Å².